The number of halogens is 1. The third kappa shape index (κ3) is 5.46. The third-order valence-electron chi connectivity index (χ3n) is 5.27. The molecule has 0 radical (unpaired) electrons. The van der Waals surface area contributed by atoms with Crippen molar-refractivity contribution in [2.75, 3.05) is 18.9 Å². The van der Waals surface area contributed by atoms with E-state index in [1.165, 1.54) is 19.3 Å². The van der Waals surface area contributed by atoms with Gasteiger partial charge in [-0.05, 0) is 60.4 Å². The van der Waals surface area contributed by atoms with Gasteiger partial charge < -0.3 is 20.3 Å². The molecule has 2 N–H and O–H groups in total. The van der Waals surface area contributed by atoms with E-state index in [2.05, 4.69) is 15.6 Å². The number of fused-ring (bicyclic) bond motifs is 1. The fraction of sp³-hybridized carbons (Fsp3) is 0.240. The molecule has 1 aliphatic heterocycles. The van der Waals surface area contributed by atoms with Gasteiger partial charge in [0.25, 0.3) is 5.91 Å². The number of urea groups is 1. The number of aryl methyl sites for hydroxylation is 1. The summed E-state index contributed by atoms with van der Waals surface area (Å²) in [6.07, 6.45) is 2.20. The number of nitrogens with zero attached hydrogens (tertiary/aromatic N) is 2. The molecule has 3 amide bonds. The van der Waals surface area contributed by atoms with E-state index in [-0.39, 0.29) is 30.7 Å². The summed E-state index contributed by atoms with van der Waals surface area (Å²) in [5.41, 5.74) is 3.37. The molecule has 0 spiro atoms. The van der Waals surface area contributed by atoms with E-state index in [1.54, 1.807) is 29.2 Å². The summed E-state index contributed by atoms with van der Waals surface area (Å²) >= 11 is 0. The van der Waals surface area contributed by atoms with Gasteiger partial charge in [0.1, 0.15) is 23.0 Å². The zero-order valence-electron chi connectivity index (χ0n) is 17.8. The maximum atomic E-state index is 14.0. The Labute approximate surface area is 192 Å². The average Bonchev–Trinajstić information content (AvgIpc) is 2.80. The Bertz CT molecular complexity index is 1180. The Morgan fingerprint density at radius 1 is 1.06 bits per heavy atom. The third-order valence-corrected chi connectivity index (χ3v) is 5.27. The fourth-order valence-electron chi connectivity index (χ4n) is 3.56. The van der Waals surface area contributed by atoms with Crippen LogP contribution in [-0.2, 0) is 13.0 Å². The molecule has 7 nitrogen and oxygen atoms in total. The van der Waals surface area contributed by atoms with Gasteiger partial charge in [-0.15, -0.1) is 0 Å². The van der Waals surface area contributed by atoms with Crippen molar-refractivity contribution in [3.05, 3.63) is 82.9 Å². The van der Waals surface area contributed by atoms with Crippen molar-refractivity contribution in [1.29, 1.82) is 0 Å². The highest BCUT2D eigenvalue weighted by molar-refractivity contribution is 5.92. The number of hydrogen-bond donors (Lipinski definition) is 2. The Morgan fingerprint density at radius 2 is 1.85 bits per heavy atom. The van der Waals surface area contributed by atoms with E-state index >= 15 is 0 Å². The lowest BCUT2D eigenvalue weighted by molar-refractivity contribution is 0.0957. The van der Waals surface area contributed by atoms with Crippen LogP contribution in [0.15, 0.2) is 54.7 Å². The number of pyridine rings is 1. The monoisotopic (exact) mass is 450 g/mol. The minimum atomic E-state index is -0.467. The Kier molecular flexibility index (Phi) is 7.27. The molecule has 8 heteroatoms. The van der Waals surface area contributed by atoms with Crippen LogP contribution in [0.5, 0.6) is 11.5 Å². The lowest BCUT2D eigenvalue weighted by Gasteiger charge is -2.29. The van der Waals surface area contributed by atoms with Gasteiger partial charge in [0.2, 0.25) is 0 Å². The summed E-state index contributed by atoms with van der Waals surface area (Å²) in [7, 11) is 1.54. The van der Waals surface area contributed by atoms with Crippen molar-refractivity contribution in [3.8, 4) is 11.5 Å². The Hall–Kier alpha value is -3.94. The first-order valence-corrected chi connectivity index (χ1v) is 10.2. The van der Waals surface area contributed by atoms with Gasteiger partial charge in [-0.3, -0.25) is 9.78 Å². The molecule has 0 aliphatic carbocycles. The molecule has 0 bridgehead atoms. The molecule has 33 heavy (non-hydrogen) atoms. The van der Waals surface area contributed by atoms with E-state index in [0.717, 1.165) is 16.7 Å². The molecule has 2 heterocycles. The number of amides is 3. The maximum Gasteiger partial charge on any atom is 0.322 e. The summed E-state index contributed by atoms with van der Waals surface area (Å²) in [6, 6.07) is 13.2. The smallest absolute Gasteiger partial charge is 0.322 e. The predicted molar refractivity (Wildman–Crippen MR) is 125 cm³/mol. The molecule has 4 rings (SSSR count). The molecular weight excluding hydrogens is 423 g/mol. The molecule has 0 fully saturated rings. The number of carbonyl (C=O) groups is 2. The molecule has 3 aromatic rings. The first-order chi connectivity index (χ1) is 15.4. The topological polar surface area (TPSA) is 83.6 Å². The van der Waals surface area contributed by atoms with E-state index < -0.39 is 5.82 Å². The molecule has 0 unspecified atom stereocenters. The predicted octanol–water partition coefficient (Wildman–Crippen LogP) is 4.91. The van der Waals surface area contributed by atoms with Gasteiger partial charge >= 0.3 is 6.03 Å². The summed E-state index contributed by atoms with van der Waals surface area (Å²) < 4.78 is 19.9. The zero-order valence-corrected chi connectivity index (χ0v) is 17.8. The lowest BCUT2D eigenvalue weighted by atomic mass is 10.00. The largest absolute Gasteiger partial charge is 0.457 e. The number of carbonyl (C=O) groups excluding carboxylic acids is 2. The van der Waals surface area contributed by atoms with Crippen molar-refractivity contribution in [1.82, 2.24) is 15.2 Å². The van der Waals surface area contributed by atoms with E-state index in [1.807, 2.05) is 25.1 Å². The van der Waals surface area contributed by atoms with Gasteiger partial charge in [0.05, 0.1) is 5.69 Å². The quantitative estimate of drug-likeness (QED) is 0.592. The van der Waals surface area contributed by atoms with Gasteiger partial charge in [0, 0.05) is 32.4 Å². The summed E-state index contributed by atoms with van der Waals surface area (Å²) in [4.78, 5) is 30.2. The second-order valence-corrected chi connectivity index (χ2v) is 7.57. The molecule has 1 aliphatic rings. The van der Waals surface area contributed by atoms with Crippen molar-refractivity contribution >= 4 is 17.6 Å². The number of anilines is 1. The minimum absolute atomic E-state index is 0. The molecule has 172 valence electrons. The van der Waals surface area contributed by atoms with Crippen LogP contribution >= 0.6 is 0 Å². The summed E-state index contributed by atoms with van der Waals surface area (Å²) in [6.45, 7) is 2.76. The van der Waals surface area contributed by atoms with E-state index in [0.29, 0.717) is 31.0 Å². The molecule has 0 atom stereocenters. The first-order valence-electron chi connectivity index (χ1n) is 10.2. The van der Waals surface area contributed by atoms with Gasteiger partial charge in [-0.25, -0.2) is 9.18 Å². The van der Waals surface area contributed by atoms with Crippen molar-refractivity contribution in [2.24, 2.45) is 0 Å². The van der Waals surface area contributed by atoms with Crippen LogP contribution in [0.25, 0.3) is 0 Å². The Balaban J connectivity index is 0.00000306. The highest BCUT2D eigenvalue weighted by Gasteiger charge is 2.22. The summed E-state index contributed by atoms with van der Waals surface area (Å²) in [5.74, 6) is 0.307. The van der Waals surface area contributed by atoms with E-state index in [9.17, 15) is 14.0 Å². The Morgan fingerprint density at radius 3 is 2.64 bits per heavy atom. The first kappa shape index (κ1) is 23.7. The van der Waals surface area contributed by atoms with Crippen LogP contribution in [0.1, 0.15) is 34.6 Å². The lowest BCUT2D eigenvalue weighted by Crippen LogP contribution is -2.39. The van der Waals surface area contributed by atoms with Crippen LogP contribution in [0.2, 0.25) is 0 Å². The number of nitrogens with one attached hydrogen (secondary N) is 2. The maximum absolute atomic E-state index is 14.0. The van der Waals surface area contributed by atoms with Gasteiger partial charge in [-0.1, -0.05) is 19.6 Å². The van der Waals surface area contributed by atoms with Crippen LogP contribution in [0.4, 0.5) is 14.9 Å². The number of hydrogen-bond acceptors (Lipinski definition) is 4. The molecule has 1 aromatic heterocycles. The SMILES string of the molecule is C.CNC(=O)c1cc(Oc2ccc3c(c2)CN(C(=O)Nc2cc(C)ccc2F)CC3)ccn1. The molecular formula is C25H27FN4O3. The second kappa shape index (κ2) is 10.1. The minimum Gasteiger partial charge on any atom is -0.457 e. The highest BCUT2D eigenvalue weighted by atomic mass is 19.1. The van der Waals surface area contributed by atoms with Gasteiger partial charge in [-0.2, -0.15) is 0 Å². The molecule has 0 saturated carbocycles. The van der Waals surface area contributed by atoms with Crippen LogP contribution in [-0.4, -0.2) is 35.4 Å². The zero-order chi connectivity index (χ0) is 22.7. The van der Waals surface area contributed by atoms with Crippen molar-refractivity contribution < 1.29 is 18.7 Å². The number of rotatable bonds is 4. The van der Waals surface area contributed by atoms with E-state index in [4.69, 9.17) is 4.74 Å². The standard InChI is InChI=1S/C24H23FN4O3.CH4/c1-15-3-6-20(25)21(11-15)28-24(31)29-10-8-16-4-5-18(12-17(16)14-29)32-19-7-9-27-22(13-19)23(30)26-2;/h3-7,9,11-13H,8,10,14H2,1-2H3,(H,26,30)(H,28,31);1H4. The van der Waals surface area contributed by atoms with Crippen molar-refractivity contribution in [2.45, 2.75) is 27.3 Å². The van der Waals surface area contributed by atoms with Crippen LogP contribution < -0.4 is 15.4 Å². The second-order valence-electron chi connectivity index (χ2n) is 7.57. The van der Waals surface area contributed by atoms with Crippen LogP contribution in [0.3, 0.4) is 0 Å². The average molecular weight is 451 g/mol. The number of aromatic nitrogens is 1. The fourth-order valence-corrected chi connectivity index (χ4v) is 3.56. The number of ether oxygens (including phenoxy) is 1. The normalized spacial score (nSPS) is 12.3. The van der Waals surface area contributed by atoms with Gasteiger partial charge in [0.15, 0.2) is 0 Å². The van der Waals surface area contributed by atoms with Crippen molar-refractivity contribution in [3.63, 3.8) is 0 Å². The summed E-state index contributed by atoms with van der Waals surface area (Å²) in [5, 5.41) is 5.19. The van der Waals surface area contributed by atoms with Crippen LogP contribution in [0, 0.1) is 12.7 Å². The number of benzene rings is 2. The molecule has 0 saturated heterocycles. The highest BCUT2D eigenvalue weighted by Crippen LogP contribution is 2.28. The molecule has 2 aromatic carbocycles.